The number of nitrogens with zero attached hydrogens (tertiary/aromatic N) is 1. The molecule has 0 fully saturated rings. The maximum atomic E-state index is 11.4. The molecule has 0 aliphatic rings. The minimum Gasteiger partial charge on any atom is -0.478 e. The van der Waals surface area contributed by atoms with E-state index in [0.717, 1.165) is 41.0 Å². The molecule has 5 heteroatoms. The summed E-state index contributed by atoms with van der Waals surface area (Å²) in [5.74, 6) is 0.511. The van der Waals surface area contributed by atoms with Gasteiger partial charge in [0, 0.05) is 12.5 Å². The Hall–Kier alpha value is -2.66. The smallest absolute Gasteiger partial charge is 0.305 e. The van der Waals surface area contributed by atoms with Crippen LogP contribution in [-0.2, 0) is 9.53 Å². The molecule has 0 aliphatic carbocycles. The van der Waals surface area contributed by atoms with Gasteiger partial charge < -0.3 is 9.47 Å². The van der Waals surface area contributed by atoms with E-state index in [-0.39, 0.29) is 5.97 Å². The number of ether oxygens (including phenoxy) is 2. The molecule has 0 bridgehead atoms. The number of benzene rings is 1. The van der Waals surface area contributed by atoms with Crippen LogP contribution in [0.4, 0.5) is 0 Å². The summed E-state index contributed by atoms with van der Waals surface area (Å²) in [7, 11) is 0. The molecule has 0 aliphatic heterocycles. The molecule has 28 heavy (non-hydrogen) atoms. The predicted octanol–water partition coefficient (Wildman–Crippen LogP) is 5.98. The van der Waals surface area contributed by atoms with E-state index in [2.05, 4.69) is 34.6 Å². The molecule has 0 atom stereocenters. The highest BCUT2D eigenvalue weighted by Crippen LogP contribution is 2.30. The first-order chi connectivity index (χ1) is 13.8. The number of pyridine rings is 1. The zero-order valence-electron chi connectivity index (χ0n) is 16.1. The van der Waals surface area contributed by atoms with Crippen LogP contribution in [0.1, 0.15) is 32.6 Å². The van der Waals surface area contributed by atoms with Gasteiger partial charge in [-0.2, -0.15) is 0 Å². The fraction of sp³-hybridized carbons (Fsp3) is 0.304. The number of hydrogen-bond donors (Lipinski definition) is 0. The zero-order chi connectivity index (χ0) is 19.6. The van der Waals surface area contributed by atoms with Crippen LogP contribution in [0.3, 0.4) is 0 Å². The molecule has 2 heterocycles. The van der Waals surface area contributed by atoms with E-state index in [9.17, 15) is 4.79 Å². The predicted molar refractivity (Wildman–Crippen MR) is 114 cm³/mol. The number of aromatic nitrogens is 1. The van der Waals surface area contributed by atoms with Crippen LogP contribution in [0.25, 0.3) is 21.7 Å². The Morgan fingerprint density at radius 2 is 1.86 bits per heavy atom. The molecule has 0 N–H and O–H groups in total. The molecule has 0 amide bonds. The minimum absolute atomic E-state index is 0.124. The van der Waals surface area contributed by atoms with Crippen LogP contribution < -0.4 is 4.74 Å². The Kier molecular flexibility index (Phi) is 7.62. The van der Waals surface area contributed by atoms with Crippen molar-refractivity contribution in [3.05, 3.63) is 60.0 Å². The molecule has 4 nitrogen and oxygen atoms in total. The van der Waals surface area contributed by atoms with Crippen molar-refractivity contribution in [3.63, 3.8) is 0 Å². The van der Waals surface area contributed by atoms with E-state index >= 15 is 0 Å². The minimum atomic E-state index is -0.124. The lowest BCUT2D eigenvalue weighted by Crippen LogP contribution is -2.04. The molecule has 0 radical (unpaired) electrons. The molecular weight excluding hydrogens is 370 g/mol. The van der Waals surface area contributed by atoms with Gasteiger partial charge in [-0.3, -0.25) is 4.79 Å². The van der Waals surface area contributed by atoms with E-state index in [1.807, 2.05) is 37.3 Å². The van der Waals surface area contributed by atoms with Gasteiger partial charge in [0.25, 0.3) is 0 Å². The fourth-order valence-electron chi connectivity index (χ4n) is 2.89. The molecule has 3 rings (SSSR count). The Balaban J connectivity index is 1.62. The van der Waals surface area contributed by atoms with Crippen LogP contribution in [0.2, 0.25) is 0 Å². The summed E-state index contributed by atoms with van der Waals surface area (Å²) in [5, 5.41) is 2.05. The molecular formula is C23H25NO3S. The highest BCUT2D eigenvalue weighted by Gasteiger charge is 2.09. The molecule has 2 aromatic heterocycles. The quantitative estimate of drug-likeness (QED) is 0.313. The summed E-state index contributed by atoms with van der Waals surface area (Å²) in [4.78, 5) is 17.2. The average Bonchev–Trinajstić information content (AvgIpc) is 3.26. The fourth-order valence-corrected chi connectivity index (χ4v) is 3.57. The highest BCUT2D eigenvalue weighted by atomic mass is 32.1. The largest absolute Gasteiger partial charge is 0.478 e. The number of hydrogen-bond acceptors (Lipinski definition) is 5. The lowest BCUT2D eigenvalue weighted by molar-refractivity contribution is -0.143. The monoisotopic (exact) mass is 395 g/mol. The summed E-state index contributed by atoms with van der Waals surface area (Å²) in [6.07, 6.45) is 3.10. The first-order valence-corrected chi connectivity index (χ1v) is 10.5. The molecule has 0 unspecified atom stereocenters. The third-order valence-electron chi connectivity index (χ3n) is 4.26. The van der Waals surface area contributed by atoms with Crippen molar-refractivity contribution >= 4 is 17.3 Å². The number of unbranched alkanes of at least 4 members (excludes halogenated alkanes) is 2. The molecule has 0 saturated carbocycles. The van der Waals surface area contributed by atoms with Gasteiger partial charge >= 0.3 is 5.97 Å². The molecule has 3 aromatic rings. The number of carbonyl (C=O) groups is 1. The van der Waals surface area contributed by atoms with E-state index in [1.54, 1.807) is 11.3 Å². The van der Waals surface area contributed by atoms with Crippen LogP contribution in [0.15, 0.2) is 60.0 Å². The first-order valence-electron chi connectivity index (χ1n) is 9.66. The third kappa shape index (κ3) is 5.92. The first kappa shape index (κ1) is 20.1. The average molecular weight is 396 g/mol. The topological polar surface area (TPSA) is 48.4 Å². The normalized spacial score (nSPS) is 10.6. The number of rotatable bonds is 10. The lowest BCUT2D eigenvalue weighted by Gasteiger charge is -2.10. The molecule has 0 spiro atoms. The van der Waals surface area contributed by atoms with Crippen LogP contribution in [-0.4, -0.2) is 24.2 Å². The van der Waals surface area contributed by atoms with Crippen LogP contribution in [0, 0.1) is 0 Å². The van der Waals surface area contributed by atoms with Gasteiger partial charge in [-0.1, -0.05) is 36.4 Å². The summed E-state index contributed by atoms with van der Waals surface area (Å²) in [5.41, 5.74) is 3.16. The number of esters is 1. The SMILES string of the molecule is CCOC(=O)CCCCCOc1cc(-c2ccccc2)cc(-c2cccs2)n1. The number of thiophene rings is 1. The molecule has 0 saturated heterocycles. The number of carbonyl (C=O) groups excluding carboxylic acids is 1. The lowest BCUT2D eigenvalue weighted by atomic mass is 10.1. The van der Waals surface area contributed by atoms with E-state index in [0.29, 0.717) is 25.5 Å². The summed E-state index contributed by atoms with van der Waals surface area (Å²) in [6, 6.07) is 18.5. The molecule has 146 valence electrons. The maximum absolute atomic E-state index is 11.4. The van der Waals surface area contributed by atoms with E-state index in [1.165, 1.54) is 0 Å². The van der Waals surface area contributed by atoms with Gasteiger partial charge in [0.15, 0.2) is 0 Å². The van der Waals surface area contributed by atoms with E-state index in [4.69, 9.17) is 9.47 Å². The van der Waals surface area contributed by atoms with Gasteiger partial charge in [-0.25, -0.2) is 4.98 Å². The second-order valence-corrected chi connectivity index (χ2v) is 7.33. The Morgan fingerprint density at radius 3 is 2.61 bits per heavy atom. The maximum Gasteiger partial charge on any atom is 0.305 e. The zero-order valence-corrected chi connectivity index (χ0v) is 16.9. The second-order valence-electron chi connectivity index (χ2n) is 6.39. The van der Waals surface area contributed by atoms with Crippen molar-refractivity contribution < 1.29 is 14.3 Å². The van der Waals surface area contributed by atoms with Crippen LogP contribution >= 0.6 is 11.3 Å². The van der Waals surface area contributed by atoms with Crippen molar-refractivity contribution in [2.24, 2.45) is 0 Å². The summed E-state index contributed by atoms with van der Waals surface area (Å²) >= 11 is 1.67. The van der Waals surface area contributed by atoms with E-state index < -0.39 is 0 Å². The summed E-state index contributed by atoms with van der Waals surface area (Å²) < 4.78 is 10.9. The van der Waals surface area contributed by atoms with Crippen LogP contribution in [0.5, 0.6) is 5.88 Å². The second kappa shape index (κ2) is 10.6. The van der Waals surface area contributed by atoms with Crippen molar-refractivity contribution in [2.45, 2.75) is 32.6 Å². The van der Waals surface area contributed by atoms with Gasteiger partial charge in [0.1, 0.15) is 0 Å². The van der Waals surface area contributed by atoms with Gasteiger partial charge in [0.2, 0.25) is 5.88 Å². The van der Waals surface area contributed by atoms with Gasteiger partial charge in [-0.05, 0) is 54.8 Å². The highest BCUT2D eigenvalue weighted by molar-refractivity contribution is 7.13. The van der Waals surface area contributed by atoms with Crippen molar-refractivity contribution in [1.29, 1.82) is 0 Å². The van der Waals surface area contributed by atoms with Gasteiger partial charge in [-0.15, -0.1) is 11.3 Å². The molecule has 1 aromatic carbocycles. The van der Waals surface area contributed by atoms with Crippen molar-refractivity contribution in [3.8, 4) is 27.6 Å². The van der Waals surface area contributed by atoms with Gasteiger partial charge in [0.05, 0.1) is 23.8 Å². The standard InChI is InChI=1S/C23H25NO3S/c1-2-26-23(25)13-7-4-8-14-27-22-17-19(18-10-5-3-6-11-18)16-20(24-22)21-12-9-15-28-21/h3,5-6,9-12,15-17H,2,4,7-8,13-14H2,1H3. The Bertz CT molecular complexity index is 863. The van der Waals surface area contributed by atoms with Crippen molar-refractivity contribution in [1.82, 2.24) is 4.98 Å². The van der Waals surface area contributed by atoms with Crippen molar-refractivity contribution in [2.75, 3.05) is 13.2 Å². The third-order valence-corrected chi connectivity index (χ3v) is 5.16. The Labute approximate surface area is 170 Å². The Morgan fingerprint density at radius 1 is 1.00 bits per heavy atom. The summed E-state index contributed by atoms with van der Waals surface area (Å²) in [6.45, 7) is 2.85.